The minimum Gasteiger partial charge on any atom is -0.495 e. The first-order valence-corrected chi connectivity index (χ1v) is 7.67. The molecule has 0 fully saturated rings. The molecular weight excluding hydrogens is 264 g/mol. The number of hydrogen-bond donors (Lipinski definition) is 1. The fraction of sp³-hybridized carbons (Fsp3) is 0.538. The maximum absolute atomic E-state index is 12.2. The Bertz CT molecular complexity index is 513. The monoisotopic (exact) mass is 286 g/mol. The third kappa shape index (κ3) is 3.92. The number of nitrogens with one attached hydrogen (secondary N) is 1. The first-order chi connectivity index (χ1) is 8.93. The van der Waals surface area contributed by atoms with Gasteiger partial charge in [-0.2, -0.15) is 0 Å². The zero-order valence-corrected chi connectivity index (χ0v) is 12.8. The van der Waals surface area contributed by atoms with Gasteiger partial charge in [-0.25, -0.2) is 12.7 Å². The van der Waals surface area contributed by atoms with Crippen LogP contribution in [-0.2, 0) is 16.6 Å². The predicted molar refractivity (Wildman–Crippen MR) is 75.9 cm³/mol. The van der Waals surface area contributed by atoms with Crippen molar-refractivity contribution in [3.8, 4) is 5.75 Å². The Labute approximate surface area is 115 Å². The topological polar surface area (TPSA) is 58.6 Å². The van der Waals surface area contributed by atoms with Gasteiger partial charge in [0.05, 0.1) is 7.11 Å². The van der Waals surface area contributed by atoms with Crippen molar-refractivity contribution in [2.75, 3.05) is 27.7 Å². The van der Waals surface area contributed by atoms with Crippen molar-refractivity contribution in [2.45, 2.75) is 24.8 Å². The molecule has 0 atom stereocenters. The average molecular weight is 286 g/mol. The molecule has 1 N–H and O–H groups in total. The van der Waals surface area contributed by atoms with E-state index in [9.17, 15) is 8.42 Å². The fourth-order valence-corrected chi connectivity index (χ4v) is 2.74. The number of benzene rings is 1. The van der Waals surface area contributed by atoms with Gasteiger partial charge in [-0.05, 0) is 30.7 Å². The second-order valence-electron chi connectivity index (χ2n) is 4.45. The summed E-state index contributed by atoms with van der Waals surface area (Å²) < 4.78 is 30.8. The summed E-state index contributed by atoms with van der Waals surface area (Å²) in [4.78, 5) is 0.204. The van der Waals surface area contributed by atoms with Gasteiger partial charge in [-0.1, -0.05) is 13.0 Å². The zero-order chi connectivity index (χ0) is 14.5. The van der Waals surface area contributed by atoms with E-state index in [0.29, 0.717) is 12.3 Å². The van der Waals surface area contributed by atoms with Crippen molar-refractivity contribution in [3.05, 3.63) is 23.8 Å². The molecule has 5 nitrogen and oxygen atoms in total. The van der Waals surface area contributed by atoms with Crippen molar-refractivity contribution in [1.82, 2.24) is 9.62 Å². The Morgan fingerprint density at radius 3 is 2.53 bits per heavy atom. The molecule has 1 rings (SSSR count). The largest absolute Gasteiger partial charge is 0.495 e. The second kappa shape index (κ2) is 6.88. The molecule has 0 amide bonds. The molecule has 6 heteroatoms. The zero-order valence-electron chi connectivity index (χ0n) is 11.9. The molecule has 0 bridgehead atoms. The van der Waals surface area contributed by atoms with Crippen molar-refractivity contribution in [2.24, 2.45) is 0 Å². The molecular formula is C13H22N2O3S. The number of sulfonamides is 1. The van der Waals surface area contributed by atoms with Crippen LogP contribution in [0.25, 0.3) is 0 Å². The Morgan fingerprint density at radius 2 is 2.00 bits per heavy atom. The third-order valence-electron chi connectivity index (χ3n) is 2.74. The Morgan fingerprint density at radius 1 is 1.32 bits per heavy atom. The summed E-state index contributed by atoms with van der Waals surface area (Å²) in [5, 5.41) is 3.25. The molecule has 0 saturated carbocycles. The Balaban J connectivity index is 3.10. The maximum Gasteiger partial charge on any atom is 0.246 e. The van der Waals surface area contributed by atoms with Gasteiger partial charge >= 0.3 is 0 Å². The molecule has 0 aliphatic heterocycles. The van der Waals surface area contributed by atoms with Gasteiger partial charge in [0.2, 0.25) is 10.0 Å². The van der Waals surface area contributed by atoms with Gasteiger partial charge in [0.15, 0.2) is 0 Å². The summed E-state index contributed by atoms with van der Waals surface area (Å²) in [6.45, 7) is 3.64. The number of hydrogen-bond acceptors (Lipinski definition) is 4. The summed E-state index contributed by atoms with van der Waals surface area (Å²) in [6.07, 6.45) is 1.04. The van der Waals surface area contributed by atoms with E-state index < -0.39 is 10.0 Å². The molecule has 1 aromatic rings. The van der Waals surface area contributed by atoms with Crippen LogP contribution in [0.1, 0.15) is 18.9 Å². The lowest BCUT2D eigenvalue weighted by molar-refractivity contribution is 0.400. The number of ether oxygens (including phenoxy) is 1. The Kier molecular flexibility index (Phi) is 5.78. The summed E-state index contributed by atoms with van der Waals surface area (Å²) >= 11 is 0. The molecule has 19 heavy (non-hydrogen) atoms. The van der Waals surface area contributed by atoms with E-state index in [-0.39, 0.29) is 4.90 Å². The molecule has 108 valence electrons. The van der Waals surface area contributed by atoms with Gasteiger partial charge in [-0.15, -0.1) is 0 Å². The summed E-state index contributed by atoms with van der Waals surface area (Å²) in [6, 6.07) is 5.23. The minimum atomic E-state index is -3.49. The van der Waals surface area contributed by atoms with Gasteiger partial charge < -0.3 is 10.1 Å². The van der Waals surface area contributed by atoms with E-state index in [1.165, 1.54) is 25.5 Å². The normalized spacial score (nSPS) is 11.8. The third-order valence-corrected chi connectivity index (χ3v) is 4.58. The van der Waals surface area contributed by atoms with E-state index in [4.69, 9.17) is 4.74 Å². The first kappa shape index (κ1) is 15.9. The van der Waals surface area contributed by atoms with E-state index in [0.717, 1.165) is 18.5 Å². The molecule has 0 heterocycles. The van der Waals surface area contributed by atoms with Gasteiger partial charge in [0, 0.05) is 20.6 Å². The average Bonchev–Trinajstić information content (AvgIpc) is 2.38. The van der Waals surface area contributed by atoms with Crippen LogP contribution in [0.4, 0.5) is 0 Å². The highest BCUT2D eigenvalue weighted by Gasteiger charge is 2.22. The highest BCUT2D eigenvalue weighted by Crippen LogP contribution is 2.26. The molecule has 0 aliphatic rings. The smallest absolute Gasteiger partial charge is 0.246 e. The van der Waals surface area contributed by atoms with Crippen LogP contribution in [0, 0.1) is 0 Å². The van der Waals surface area contributed by atoms with Gasteiger partial charge in [-0.3, -0.25) is 0 Å². The SMILES string of the molecule is CCCNCc1ccc(OC)c(S(=O)(=O)N(C)C)c1. The fourth-order valence-electron chi connectivity index (χ4n) is 1.64. The molecule has 0 radical (unpaired) electrons. The lowest BCUT2D eigenvalue weighted by atomic mass is 10.2. The molecule has 1 aromatic carbocycles. The lowest BCUT2D eigenvalue weighted by Crippen LogP contribution is -2.23. The quantitative estimate of drug-likeness (QED) is 0.771. The minimum absolute atomic E-state index is 0.204. The number of rotatable bonds is 7. The summed E-state index contributed by atoms with van der Waals surface area (Å²) in [7, 11) is 1.00. The van der Waals surface area contributed by atoms with Crippen LogP contribution in [0.5, 0.6) is 5.75 Å². The van der Waals surface area contributed by atoms with E-state index >= 15 is 0 Å². The maximum atomic E-state index is 12.2. The standard InChI is InChI=1S/C13H22N2O3S/c1-5-8-14-10-11-6-7-12(18-4)13(9-11)19(16,17)15(2)3/h6-7,9,14H,5,8,10H2,1-4H3. The highest BCUT2D eigenvalue weighted by molar-refractivity contribution is 7.89. The van der Waals surface area contributed by atoms with Crippen molar-refractivity contribution in [3.63, 3.8) is 0 Å². The number of methoxy groups -OCH3 is 1. The molecule has 0 unspecified atom stereocenters. The first-order valence-electron chi connectivity index (χ1n) is 6.23. The summed E-state index contributed by atoms with van der Waals surface area (Å²) in [5.74, 6) is 0.368. The molecule has 0 aromatic heterocycles. The van der Waals surface area contributed by atoms with Crippen LogP contribution in [-0.4, -0.2) is 40.5 Å². The second-order valence-corrected chi connectivity index (χ2v) is 6.57. The summed E-state index contributed by atoms with van der Waals surface area (Å²) in [5.41, 5.74) is 0.926. The predicted octanol–water partition coefficient (Wildman–Crippen LogP) is 1.45. The van der Waals surface area contributed by atoms with E-state index in [1.54, 1.807) is 12.1 Å². The van der Waals surface area contributed by atoms with Crippen LogP contribution in [0.15, 0.2) is 23.1 Å². The Hall–Kier alpha value is -1.11. The van der Waals surface area contributed by atoms with E-state index in [2.05, 4.69) is 12.2 Å². The molecule has 0 saturated heterocycles. The molecule has 0 spiro atoms. The van der Waals surface area contributed by atoms with Crippen molar-refractivity contribution in [1.29, 1.82) is 0 Å². The van der Waals surface area contributed by atoms with Gasteiger partial charge in [0.1, 0.15) is 10.6 Å². The highest BCUT2D eigenvalue weighted by atomic mass is 32.2. The van der Waals surface area contributed by atoms with Crippen LogP contribution >= 0.6 is 0 Å². The van der Waals surface area contributed by atoms with Crippen molar-refractivity contribution < 1.29 is 13.2 Å². The van der Waals surface area contributed by atoms with Crippen LogP contribution < -0.4 is 10.1 Å². The number of nitrogens with zero attached hydrogens (tertiary/aromatic N) is 1. The van der Waals surface area contributed by atoms with E-state index in [1.807, 2.05) is 6.07 Å². The van der Waals surface area contributed by atoms with Crippen molar-refractivity contribution >= 4 is 10.0 Å². The van der Waals surface area contributed by atoms with Crippen LogP contribution in [0.2, 0.25) is 0 Å². The van der Waals surface area contributed by atoms with Gasteiger partial charge in [0.25, 0.3) is 0 Å². The van der Waals surface area contributed by atoms with Crippen LogP contribution in [0.3, 0.4) is 0 Å². The molecule has 0 aliphatic carbocycles. The lowest BCUT2D eigenvalue weighted by Gasteiger charge is -2.15.